The predicted molar refractivity (Wildman–Crippen MR) is 59.1 cm³/mol. The van der Waals surface area contributed by atoms with Crippen molar-refractivity contribution in [2.24, 2.45) is 0 Å². The zero-order chi connectivity index (χ0) is 7.68. The lowest BCUT2D eigenvalue weighted by molar-refractivity contribution is 0.689. The summed E-state index contributed by atoms with van der Waals surface area (Å²) in [6.45, 7) is 1.03. The molecule has 0 aliphatic heterocycles. The van der Waals surface area contributed by atoms with Gasteiger partial charge in [-0.2, -0.15) is 0 Å². The lowest BCUT2D eigenvalue weighted by atomic mass is 10.3. The molecule has 1 aliphatic rings. The van der Waals surface area contributed by atoms with Crippen LogP contribution in [0.3, 0.4) is 0 Å². The Morgan fingerprint density at radius 2 is 2.33 bits per heavy atom. The first-order chi connectivity index (χ1) is 5.34. The van der Waals surface area contributed by atoms with Crippen LogP contribution in [0.15, 0.2) is 15.2 Å². The van der Waals surface area contributed by atoms with Crippen LogP contribution in [0.25, 0.3) is 0 Å². The highest BCUT2D eigenvalue weighted by atomic mass is 79.9. The fraction of sp³-hybridized carbons (Fsp3) is 0.500. The second-order valence-electron chi connectivity index (χ2n) is 2.91. The molecule has 4 heteroatoms. The zero-order valence-corrected chi connectivity index (χ0v) is 9.77. The monoisotopic (exact) mass is 267 g/mol. The van der Waals surface area contributed by atoms with Crippen molar-refractivity contribution in [3.8, 4) is 0 Å². The quantitative estimate of drug-likeness (QED) is 0.888. The first kappa shape index (κ1) is 10.5. The van der Waals surface area contributed by atoms with E-state index in [9.17, 15) is 0 Å². The van der Waals surface area contributed by atoms with Gasteiger partial charge in [-0.3, -0.25) is 0 Å². The van der Waals surface area contributed by atoms with Crippen molar-refractivity contribution < 1.29 is 0 Å². The fourth-order valence-corrected chi connectivity index (χ4v) is 2.20. The Balaban J connectivity index is 0.000000720. The maximum Gasteiger partial charge on any atom is 0.0701 e. The lowest BCUT2D eigenvalue weighted by Gasteiger charge is -1.97. The van der Waals surface area contributed by atoms with E-state index in [4.69, 9.17) is 0 Å². The molecule has 0 amide bonds. The Hall–Kier alpha value is 0.430. The number of rotatable bonds is 3. The molecule has 0 aromatic carbocycles. The van der Waals surface area contributed by atoms with Gasteiger partial charge in [0, 0.05) is 12.6 Å². The number of hydrogen-bond acceptors (Lipinski definition) is 2. The van der Waals surface area contributed by atoms with Crippen molar-refractivity contribution in [2.45, 2.75) is 25.4 Å². The highest BCUT2D eigenvalue weighted by Gasteiger charge is 2.19. The summed E-state index contributed by atoms with van der Waals surface area (Å²) in [5, 5.41) is 5.67. The van der Waals surface area contributed by atoms with Crippen molar-refractivity contribution in [1.29, 1.82) is 0 Å². The molecule has 0 bridgehead atoms. The molecule has 1 nitrogen and oxygen atoms in total. The molecule has 0 saturated heterocycles. The predicted octanol–water partition coefficient (Wildman–Crippen LogP) is 3.18. The van der Waals surface area contributed by atoms with Gasteiger partial charge in [-0.15, -0.1) is 23.7 Å². The van der Waals surface area contributed by atoms with E-state index in [-0.39, 0.29) is 12.4 Å². The minimum Gasteiger partial charge on any atom is -0.310 e. The summed E-state index contributed by atoms with van der Waals surface area (Å²) in [5.74, 6) is 0. The van der Waals surface area contributed by atoms with E-state index in [2.05, 4.69) is 32.7 Å². The summed E-state index contributed by atoms with van der Waals surface area (Å²) >= 11 is 5.20. The minimum atomic E-state index is 0. The Morgan fingerprint density at radius 3 is 2.83 bits per heavy atom. The topological polar surface area (TPSA) is 12.0 Å². The van der Waals surface area contributed by atoms with Crippen molar-refractivity contribution >= 4 is 39.7 Å². The number of thiophene rings is 1. The maximum absolute atomic E-state index is 3.47. The van der Waals surface area contributed by atoms with Gasteiger partial charge in [-0.1, -0.05) is 0 Å². The van der Waals surface area contributed by atoms with Crippen LogP contribution >= 0.6 is 39.7 Å². The van der Waals surface area contributed by atoms with Crippen molar-refractivity contribution in [3.05, 3.63) is 20.8 Å². The SMILES string of the molecule is Brc1cc(CNC2CC2)cs1.Cl. The third-order valence-corrected chi connectivity index (χ3v) is 3.35. The molecule has 1 aromatic rings. The van der Waals surface area contributed by atoms with E-state index >= 15 is 0 Å². The molecule has 0 unspecified atom stereocenters. The Kier molecular flexibility index (Phi) is 4.03. The summed E-state index contributed by atoms with van der Waals surface area (Å²) in [6.07, 6.45) is 2.73. The molecule has 0 radical (unpaired) electrons. The third kappa shape index (κ3) is 3.05. The van der Waals surface area contributed by atoms with Gasteiger partial charge in [0.25, 0.3) is 0 Å². The average Bonchev–Trinajstić information content (AvgIpc) is 2.72. The first-order valence-electron chi connectivity index (χ1n) is 3.81. The van der Waals surface area contributed by atoms with Crippen LogP contribution in [0.2, 0.25) is 0 Å². The van der Waals surface area contributed by atoms with Gasteiger partial charge in [0.2, 0.25) is 0 Å². The number of halogens is 2. The highest BCUT2D eigenvalue weighted by molar-refractivity contribution is 9.11. The third-order valence-electron chi connectivity index (χ3n) is 1.79. The molecule has 1 aliphatic carbocycles. The largest absolute Gasteiger partial charge is 0.310 e. The van der Waals surface area contributed by atoms with Gasteiger partial charge in [0.1, 0.15) is 0 Å². The van der Waals surface area contributed by atoms with Crippen LogP contribution in [0.1, 0.15) is 18.4 Å². The maximum atomic E-state index is 3.47. The van der Waals surface area contributed by atoms with Crippen molar-refractivity contribution in [3.63, 3.8) is 0 Å². The summed E-state index contributed by atoms with van der Waals surface area (Å²) in [5.41, 5.74) is 1.40. The molecule has 2 rings (SSSR count). The number of hydrogen-bond donors (Lipinski definition) is 1. The first-order valence-corrected chi connectivity index (χ1v) is 5.48. The van der Waals surface area contributed by atoms with Crippen LogP contribution in [0.5, 0.6) is 0 Å². The van der Waals surface area contributed by atoms with Gasteiger partial charge in [-0.25, -0.2) is 0 Å². The van der Waals surface area contributed by atoms with Gasteiger partial charge in [0.05, 0.1) is 3.79 Å². The van der Waals surface area contributed by atoms with Crippen molar-refractivity contribution in [2.75, 3.05) is 0 Å². The minimum absolute atomic E-state index is 0. The Bertz CT molecular complexity index is 247. The van der Waals surface area contributed by atoms with Crippen molar-refractivity contribution in [1.82, 2.24) is 5.32 Å². The molecule has 1 N–H and O–H groups in total. The van der Waals surface area contributed by atoms with E-state index in [1.807, 2.05) is 0 Å². The smallest absolute Gasteiger partial charge is 0.0701 e. The van der Waals surface area contributed by atoms with Gasteiger partial charge < -0.3 is 5.32 Å². The molecule has 1 aromatic heterocycles. The molecular weight excluding hydrogens is 258 g/mol. The van der Waals surface area contributed by atoms with Crippen LogP contribution in [-0.4, -0.2) is 6.04 Å². The molecule has 1 fully saturated rings. The molecule has 1 heterocycles. The summed E-state index contributed by atoms with van der Waals surface area (Å²) in [4.78, 5) is 0. The van der Waals surface area contributed by atoms with Gasteiger partial charge in [0.15, 0.2) is 0 Å². The fourth-order valence-electron chi connectivity index (χ4n) is 0.988. The molecule has 0 atom stereocenters. The summed E-state index contributed by atoms with van der Waals surface area (Å²) in [7, 11) is 0. The molecular formula is C8H11BrClNS. The van der Waals surface area contributed by atoms with Crippen LogP contribution in [-0.2, 0) is 6.54 Å². The van der Waals surface area contributed by atoms with Gasteiger partial charge in [-0.05, 0) is 45.8 Å². The molecule has 12 heavy (non-hydrogen) atoms. The zero-order valence-electron chi connectivity index (χ0n) is 6.55. The second-order valence-corrected chi connectivity index (χ2v) is 5.20. The van der Waals surface area contributed by atoms with E-state index in [1.54, 1.807) is 11.3 Å². The normalized spacial score (nSPS) is 15.8. The van der Waals surface area contributed by atoms with E-state index in [0.29, 0.717) is 0 Å². The summed E-state index contributed by atoms with van der Waals surface area (Å²) in [6, 6.07) is 2.99. The lowest BCUT2D eigenvalue weighted by Crippen LogP contribution is -2.14. The van der Waals surface area contributed by atoms with Gasteiger partial charge >= 0.3 is 0 Å². The standard InChI is InChI=1S/C8H10BrNS.ClH/c9-8-3-6(5-11-8)4-10-7-1-2-7;/h3,5,7,10H,1-2,4H2;1H. The second kappa shape index (κ2) is 4.61. The van der Waals surface area contributed by atoms with Crippen LogP contribution < -0.4 is 5.32 Å². The average molecular weight is 269 g/mol. The van der Waals surface area contributed by atoms with E-state index < -0.39 is 0 Å². The van der Waals surface area contributed by atoms with Crippen LogP contribution in [0, 0.1) is 0 Å². The molecule has 0 spiro atoms. The Morgan fingerprint density at radius 1 is 1.58 bits per heavy atom. The number of nitrogens with one attached hydrogen (secondary N) is 1. The molecule has 68 valence electrons. The Labute approximate surface area is 91.1 Å². The van der Waals surface area contributed by atoms with E-state index in [1.165, 1.54) is 22.2 Å². The molecule has 1 saturated carbocycles. The summed E-state index contributed by atoms with van der Waals surface area (Å²) < 4.78 is 1.23. The van der Waals surface area contributed by atoms with Crippen LogP contribution in [0.4, 0.5) is 0 Å². The van der Waals surface area contributed by atoms with E-state index in [0.717, 1.165) is 12.6 Å². The highest BCUT2D eigenvalue weighted by Crippen LogP contribution is 2.23.